The van der Waals surface area contributed by atoms with Gasteiger partial charge in [0.1, 0.15) is 6.33 Å². The van der Waals surface area contributed by atoms with Crippen molar-refractivity contribution in [2.24, 2.45) is 0 Å². The number of hydrogen-bond donors (Lipinski definition) is 1. The van der Waals surface area contributed by atoms with Gasteiger partial charge in [-0.15, -0.1) is 0 Å². The number of sulfonamides is 1. The van der Waals surface area contributed by atoms with Crippen LogP contribution in [0.4, 0.5) is 5.82 Å². The maximum Gasteiger partial charge on any atom is 0.276 e. The van der Waals surface area contributed by atoms with Gasteiger partial charge in [-0.05, 0) is 83.4 Å². The van der Waals surface area contributed by atoms with E-state index in [1.807, 2.05) is 4.90 Å². The van der Waals surface area contributed by atoms with Gasteiger partial charge in [-0.1, -0.05) is 29.8 Å². The Kier molecular flexibility index (Phi) is 11.3. The first-order valence-electron chi connectivity index (χ1n) is 16.4. The summed E-state index contributed by atoms with van der Waals surface area (Å²) in [5.41, 5.74) is 2.87. The van der Waals surface area contributed by atoms with Crippen molar-refractivity contribution < 1.29 is 22.7 Å². The van der Waals surface area contributed by atoms with Crippen molar-refractivity contribution in [3.05, 3.63) is 47.4 Å². The van der Waals surface area contributed by atoms with Crippen LogP contribution in [0.1, 0.15) is 73.0 Å². The fourth-order valence-corrected chi connectivity index (χ4v) is 7.75. The van der Waals surface area contributed by atoms with Crippen LogP contribution in [0.2, 0.25) is 0 Å². The summed E-state index contributed by atoms with van der Waals surface area (Å²) in [6.07, 6.45) is 11.6. The fourth-order valence-electron chi connectivity index (χ4n) is 7.00. The number of methoxy groups -OCH3 is 1. The number of amides is 1. The van der Waals surface area contributed by atoms with Crippen LogP contribution in [0.25, 0.3) is 0 Å². The van der Waals surface area contributed by atoms with Crippen LogP contribution in [-0.2, 0) is 21.2 Å². The van der Waals surface area contributed by atoms with Gasteiger partial charge in [0.2, 0.25) is 10.0 Å². The summed E-state index contributed by atoms with van der Waals surface area (Å²) in [5.74, 6) is 0.766. The van der Waals surface area contributed by atoms with E-state index < -0.39 is 10.0 Å². The molecule has 1 aromatic heterocycles. The maximum absolute atomic E-state index is 13.6. The lowest BCUT2D eigenvalue weighted by atomic mass is 9.97. The van der Waals surface area contributed by atoms with Crippen molar-refractivity contribution in [2.75, 3.05) is 58.5 Å². The lowest BCUT2D eigenvalue weighted by molar-refractivity contribution is -0.0503. The minimum Gasteiger partial charge on any atom is -0.491 e. The number of benzene rings is 1. The summed E-state index contributed by atoms with van der Waals surface area (Å²) in [4.78, 5) is 26.6. The molecule has 4 heterocycles. The number of aromatic nitrogens is 2. The Bertz CT molecular complexity index is 1370. The number of anilines is 1. The van der Waals surface area contributed by atoms with Crippen LogP contribution in [0, 0.1) is 6.92 Å². The number of piperidine rings is 2. The Balaban J connectivity index is 1.09. The molecule has 2 atom stereocenters. The lowest BCUT2D eigenvalue weighted by Gasteiger charge is -2.43. The molecular weight excluding hydrogens is 592 g/mol. The van der Waals surface area contributed by atoms with E-state index in [9.17, 15) is 13.2 Å². The van der Waals surface area contributed by atoms with Gasteiger partial charge in [-0.2, -0.15) is 0 Å². The zero-order valence-corrected chi connectivity index (χ0v) is 28.1. The van der Waals surface area contributed by atoms with E-state index in [4.69, 9.17) is 9.47 Å². The quantitative estimate of drug-likeness (QED) is 0.391. The monoisotopic (exact) mass is 642 g/mol. The molecular formula is C33H50N6O5S. The summed E-state index contributed by atoms with van der Waals surface area (Å²) in [7, 11) is 0.0491. The van der Waals surface area contributed by atoms with Gasteiger partial charge in [0.05, 0.1) is 25.6 Å². The second-order valence-corrected chi connectivity index (χ2v) is 14.9. The predicted molar refractivity (Wildman–Crippen MR) is 175 cm³/mol. The van der Waals surface area contributed by atoms with E-state index in [1.165, 1.54) is 28.0 Å². The third-order valence-corrected chi connectivity index (χ3v) is 11.1. The van der Waals surface area contributed by atoms with E-state index in [0.717, 1.165) is 70.9 Å². The molecule has 1 aromatic carbocycles. The molecule has 12 heteroatoms. The summed E-state index contributed by atoms with van der Waals surface area (Å²) < 4.78 is 37.5. The number of rotatable bonds is 11. The van der Waals surface area contributed by atoms with Gasteiger partial charge in [-0.25, -0.2) is 22.7 Å². The van der Waals surface area contributed by atoms with E-state index >= 15 is 0 Å². The van der Waals surface area contributed by atoms with Crippen molar-refractivity contribution in [3.8, 4) is 5.75 Å². The Morgan fingerprint density at radius 1 is 1.02 bits per heavy atom. The summed E-state index contributed by atoms with van der Waals surface area (Å²) in [6, 6.07) is 9.15. The first-order valence-corrected chi connectivity index (χ1v) is 18.3. The highest BCUT2D eigenvalue weighted by molar-refractivity contribution is 7.88. The highest BCUT2D eigenvalue weighted by Crippen LogP contribution is 2.29. The summed E-state index contributed by atoms with van der Waals surface area (Å²) in [6.45, 7) is 5.80. The Morgan fingerprint density at radius 2 is 1.71 bits per heavy atom. The number of aryl methyl sites for hydroxylation is 1. The van der Waals surface area contributed by atoms with Crippen LogP contribution in [-0.4, -0.2) is 116 Å². The molecule has 11 nitrogen and oxygen atoms in total. The maximum atomic E-state index is 13.6. The SMILES string of the molecule is COc1c(NCCC2CCCC(Cc3ccc(C)cc3)O2)ncnc1C(=O)N1CCC(N2CCC(N(C)S(C)(=O)=O)CC2)CC1. The molecule has 0 bridgehead atoms. The lowest BCUT2D eigenvalue weighted by Crippen LogP contribution is -2.52. The second-order valence-electron chi connectivity index (χ2n) is 12.9. The molecule has 0 spiro atoms. The molecule has 45 heavy (non-hydrogen) atoms. The number of ether oxygens (including phenoxy) is 2. The summed E-state index contributed by atoms with van der Waals surface area (Å²) in [5, 5.41) is 3.38. The van der Waals surface area contributed by atoms with Crippen LogP contribution < -0.4 is 10.1 Å². The molecule has 2 unspecified atom stereocenters. The van der Waals surface area contributed by atoms with E-state index in [0.29, 0.717) is 37.2 Å². The van der Waals surface area contributed by atoms with Gasteiger partial charge < -0.3 is 24.6 Å². The molecule has 3 fully saturated rings. The molecule has 3 saturated heterocycles. The first kappa shape index (κ1) is 33.6. The van der Waals surface area contributed by atoms with Crippen molar-refractivity contribution in [2.45, 2.75) is 89.0 Å². The normalized spacial score (nSPS) is 22.5. The molecule has 0 radical (unpaired) electrons. The number of hydrogen-bond acceptors (Lipinski definition) is 9. The van der Waals surface area contributed by atoms with Crippen molar-refractivity contribution in [1.29, 1.82) is 0 Å². The van der Waals surface area contributed by atoms with Gasteiger partial charge in [0.15, 0.2) is 17.3 Å². The molecule has 248 valence electrons. The van der Waals surface area contributed by atoms with Crippen LogP contribution in [0.5, 0.6) is 5.75 Å². The zero-order valence-electron chi connectivity index (χ0n) is 27.3. The smallest absolute Gasteiger partial charge is 0.276 e. The van der Waals surface area contributed by atoms with Gasteiger partial charge in [0.25, 0.3) is 5.91 Å². The van der Waals surface area contributed by atoms with E-state index in [2.05, 4.69) is 51.4 Å². The highest BCUT2D eigenvalue weighted by Gasteiger charge is 2.34. The zero-order chi connectivity index (χ0) is 32.0. The molecule has 3 aliphatic heterocycles. The number of carbonyl (C=O) groups excluding carboxylic acids is 1. The predicted octanol–water partition coefficient (Wildman–Crippen LogP) is 3.74. The summed E-state index contributed by atoms with van der Waals surface area (Å²) >= 11 is 0. The van der Waals surface area contributed by atoms with E-state index in [1.54, 1.807) is 14.2 Å². The largest absolute Gasteiger partial charge is 0.491 e. The topological polar surface area (TPSA) is 117 Å². The molecule has 2 aromatic rings. The number of likely N-dealkylation sites (tertiary alicyclic amines) is 2. The third-order valence-electron chi connectivity index (χ3n) is 9.79. The minimum atomic E-state index is -3.18. The molecule has 1 N–H and O–H groups in total. The Morgan fingerprint density at radius 3 is 2.38 bits per heavy atom. The molecule has 3 aliphatic rings. The van der Waals surface area contributed by atoms with Crippen LogP contribution >= 0.6 is 0 Å². The standard InChI is InChI=1S/C33H50N6O5S/c1-24-8-10-25(11-9-24)22-29-7-5-6-28(44-29)12-17-34-32-31(43-3)30(35-23-36-32)33(40)39-20-15-27(16-21-39)38-18-13-26(14-19-38)37(2)45(4,41)42/h8-11,23,26-29H,5-7,12-22H2,1-4H3,(H,34,35,36). The molecule has 1 amide bonds. The van der Waals surface area contributed by atoms with Gasteiger partial charge in [-0.3, -0.25) is 4.79 Å². The highest BCUT2D eigenvalue weighted by atomic mass is 32.2. The number of carbonyl (C=O) groups is 1. The first-order chi connectivity index (χ1) is 21.6. The Hall–Kier alpha value is -2.80. The van der Waals surface area contributed by atoms with Gasteiger partial charge >= 0.3 is 0 Å². The van der Waals surface area contributed by atoms with Crippen molar-refractivity contribution in [3.63, 3.8) is 0 Å². The average Bonchev–Trinajstić information content (AvgIpc) is 3.05. The van der Waals surface area contributed by atoms with Crippen molar-refractivity contribution >= 4 is 21.7 Å². The van der Waals surface area contributed by atoms with E-state index in [-0.39, 0.29) is 29.9 Å². The second kappa shape index (κ2) is 15.2. The van der Waals surface area contributed by atoms with Crippen LogP contribution in [0.15, 0.2) is 30.6 Å². The van der Waals surface area contributed by atoms with Gasteiger partial charge in [0, 0.05) is 38.8 Å². The number of nitrogens with one attached hydrogen (secondary N) is 1. The number of nitrogens with zero attached hydrogens (tertiary/aromatic N) is 5. The molecule has 5 rings (SSSR count). The Labute approximate surface area is 268 Å². The molecule has 0 saturated carbocycles. The fraction of sp³-hybridized carbons (Fsp3) is 0.667. The third kappa shape index (κ3) is 8.72. The minimum absolute atomic E-state index is 0.0575. The van der Waals surface area contributed by atoms with Crippen LogP contribution in [0.3, 0.4) is 0 Å². The average molecular weight is 643 g/mol. The molecule has 0 aliphatic carbocycles. The van der Waals surface area contributed by atoms with Crippen molar-refractivity contribution in [1.82, 2.24) is 24.1 Å².